The van der Waals surface area contributed by atoms with Gasteiger partial charge < -0.3 is 9.80 Å². The Bertz CT molecular complexity index is 1210. The average Bonchev–Trinajstić information content (AvgIpc) is 3.11. The molecule has 1 fully saturated rings. The smallest absolute Gasteiger partial charge is 0.253 e. The van der Waals surface area contributed by atoms with Crippen LogP contribution >= 0.6 is 11.6 Å². The summed E-state index contributed by atoms with van der Waals surface area (Å²) in [6.07, 6.45) is 5.16. The monoisotopic (exact) mass is 475 g/mol. The lowest BCUT2D eigenvalue weighted by atomic mass is 10.1. The molecule has 1 amide bonds. The Kier molecular flexibility index (Phi) is 6.66. The lowest BCUT2D eigenvalue weighted by molar-refractivity contribution is 0.0761. The zero-order valence-corrected chi connectivity index (χ0v) is 19.7. The quantitative estimate of drug-likeness (QED) is 0.463. The van der Waals surface area contributed by atoms with Crippen molar-refractivity contribution in [3.63, 3.8) is 0 Å². The van der Waals surface area contributed by atoms with Crippen molar-refractivity contribution >= 4 is 35.0 Å². The topological polar surface area (TPSA) is 26.8 Å². The van der Waals surface area contributed by atoms with Gasteiger partial charge in [-0.25, -0.2) is 4.39 Å². The average molecular weight is 476 g/mol. The van der Waals surface area contributed by atoms with Crippen molar-refractivity contribution in [2.45, 2.75) is 13.0 Å². The van der Waals surface area contributed by atoms with E-state index in [1.807, 2.05) is 41.3 Å². The van der Waals surface area contributed by atoms with Crippen LogP contribution in [-0.2, 0) is 6.54 Å². The normalized spacial score (nSPS) is 16.3. The second-order valence-corrected chi connectivity index (χ2v) is 9.21. The summed E-state index contributed by atoms with van der Waals surface area (Å²) in [6.45, 7) is 4.19. The SMILES string of the molecule is O=C(c1ccc(N2CC=Cc3ccccc32)cc1)N1CCCN(Cc2ccc(Cl)cc2F)CC1. The van der Waals surface area contributed by atoms with E-state index in [4.69, 9.17) is 11.6 Å². The molecular formula is C28H27ClFN3O. The molecule has 0 aromatic heterocycles. The first-order valence-electron chi connectivity index (χ1n) is 11.7. The Morgan fingerprint density at radius 2 is 1.76 bits per heavy atom. The third kappa shape index (κ3) is 4.86. The van der Waals surface area contributed by atoms with Gasteiger partial charge >= 0.3 is 0 Å². The number of halogens is 2. The fraction of sp³-hybridized carbons (Fsp3) is 0.250. The third-order valence-electron chi connectivity index (χ3n) is 6.52. The first-order chi connectivity index (χ1) is 16.6. The van der Waals surface area contributed by atoms with Crippen molar-refractivity contribution in [1.29, 1.82) is 0 Å². The van der Waals surface area contributed by atoms with Crippen LogP contribution in [0.2, 0.25) is 5.02 Å². The van der Waals surface area contributed by atoms with Gasteiger partial charge in [-0.05, 0) is 54.4 Å². The zero-order chi connectivity index (χ0) is 23.5. The predicted molar refractivity (Wildman–Crippen MR) is 136 cm³/mol. The molecule has 1 saturated heterocycles. The summed E-state index contributed by atoms with van der Waals surface area (Å²) in [4.78, 5) is 19.6. The van der Waals surface area contributed by atoms with E-state index in [9.17, 15) is 9.18 Å². The minimum atomic E-state index is -0.281. The summed E-state index contributed by atoms with van der Waals surface area (Å²) in [5.74, 6) is -0.235. The largest absolute Gasteiger partial charge is 0.337 e. The van der Waals surface area contributed by atoms with Crippen LogP contribution in [0, 0.1) is 5.82 Å². The van der Waals surface area contributed by atoms with Crippen molar-refractivity contribution in [1.82, 2.24) is 9.80 Å². The summed E-state index contributed by atoms with van der Waals surface area (Å²) in [7, 11) is 0. The molecule has 0 saturated carbocycles. The summed E-state index contributed by atoms with van der Waals surface area (Å²) in [5, 5.41) is 0.404. The summed E-state index contributed by atoms with van der Waals surface area (Å²) >= 11 is 5.87. The molecule has 0 radical (unpaired) electrons. The number of hydrogen-bond donors (Lipinski definition) is 0. The molecule has 0 unspecified atom stereocenters. The molecule has 0 atom stereocenters. The molecule has 2 aliphatic rings. The highest BCUT2D eigenvalue weighted by Gasteiger charge is 2.22. The maximum absolute atomic E-state index is 14.2. The van der Waals surface area contributed by atoms with Crippen LogP contribution in [0.1, 0.15) is 27.9 Å². The van der Waals surface area contributed by atoms with Crippen LogP contribution in [0.5, 0.6) is 0 Å². The van der Waals surface area contributed by atoms with E-state index in [2.05, 4.69) is 34.1 Å². The Balaban J connectivity index is 1.23. The molecule has 3 aromatic carbocycles. The van der Waals surface area contributed by atoms with Gasteiger partial charge in [0.1, 0.15) is 5.82 Å². The standard InChI is InChI=1S/C28H27ClFN3O/c29-24-11-8-23(26(30)19-24)20-31-14-4-15-32(18-17-31)28(34)22-9-12-25(13-10-22)33-16-3-6-21-5-1-2-7-27(21)33/h1-3,5-13,19H,4,14-18,20H2. The van der Waals surface area contributed by atoms with Crippen LogP contribution in [0.3, 0.4) is 0 Å². The van der Waals surface area contributed by atoms with E-state index in [1.165, 1.54) is 17.3 Å². The predicted octanol–water partition coefficient (Wildman–Crippen LogP) is 5.99. The van der Waals surface area contributed by atoms with Gasteiger partial charge in [0.2, 0.25) is 0 Å². The second-order valence-electron chi connectivity index (χ2n) is 8.78. The molecule has 0 N–H and O–H groups in total. The Labute approximate surface area is 204 Å². The van der Waals surface area contributed by atoms with Gasteiger partial charge in [0.25, 0.3) is 5.91 Å². The number of fused-ring (bicyclic) bond motifs is 1. The van der Waals surface area contributed by atoms with Crippen LogP contribution in [0.4, 0.5) is 15.8 Å². The number of carbonyl (C=O) groups excluding carboxylic acids is 1. The van der Waals surface area contributed by atoms with E-state index in [0.717, 1.165) is 25.2 Å². The summed E-state index contributed by atoms with van der Waals surface area (Å²) in [6, 6.07) is 21.0. The molecule has 2 aliphatic heterocycles. The number of rotatable bonds is 4. The minimum Gasteiger partial charge on any atom is -0.337 e. The molecule has 0 bridgehead atoms. The fourth-order valence-electron chi connectivity index (χ4n) is 4.69. The molecule has 2 heterocycles. The zero-order valence-electron chi connectivity index (χ0n) is 19.0. The van der Waals surface area contributed by atoms with E-state index in [-0.39, 0.29) is 11.7 Å². The maximum atomic E-state index is 14.2. The van der Waals surface area contributed by atoms with E-state index < -0.39 is 0 Å². The van der Waals surface area contributed by atoms with Gasteiger partial charge in [-0.15, -0.1) is 0 Å². The van der Waals surface area contributed by atoms with Crippen LogP contribution in [0.15, 0.2) is 72.8 Å². The van der Waals surface area contributed by atoms with Gasteiger partial charge in [-0.2, -0.15) is 0 Å². The van der Waals surface area contributed by atoms with E-state index >= 15 is 0 Å². The number of anilines is 2. The molecule has 0 aliphatic carbocycles. The van der Waals surface area contributed by atoms with Crippen LogP contribution in [0.25, 0.3) is 6.08 Å². The Morgan fingerprint density at radius 1 is 0.941 bits per heavy atom. The second kappa shape index (κ2) is 10.00. The molecule has 34 heavy (non-hydrogen) atoms. The van der Waals surface area contributed by atoms with Crippen molar-refractivity contribution in [2.75, 3.05) is 37.6 Å². The molecule has 4 nitrogen and oxygen atoms in total. The Hall–Kier alpha value is -3.15. The lowest BCUT2D eigenvalue weighted by Crippen LogP contribution is -2.35. The van der Waals surface area contributed by atoms with Crippen molar-refractivity contribution in [3.8, 4) is 0 Å². The van der Waals surface area contributed by atoms with Crippen molar-refractivity contribution in [2.24, 2.45) is 0 Å². The number of amides is 1. The first kappa shape index (κ1) is 22.6. The number of para-hydroxylation sites is 1. The van der Waals surface area contributed by atoms with Gasteiger partial charge in [-0.3, -0.25) is 9.69 Å². The van der Waals surface area contributed by atoms with Crippen molar-refractivity contribution < 1.29 is 9.18 Å². The van der Waals surface area contributed by atoms with Crippen LogP contribution in [-0.4, -0.2) is 48.4 Å². The highest BCUT2D eigenvalue weighted by atomic mass is 35.5. The van der Waals surface area contributed by atoms with Crippen LogP contribution < -0.4 is 4.90 Å². The minimum absolute atomic E-state index is 0.0463. The molecular weight excluding hydrogens is 449 g/mol. The molecule has 5 rings (SSSR count). The van der Waals surface area contributed by atoms with Crippen molar-refractivity contribution in [3.05, 3.63) is 100 Å². The number of benzene rings is 3. The number of carbonyl (C=O) groups is 1. The fourth-order valence-corrected chi connectivity index (χ4v) is 4.85. The highest BCUT2D eigenvalue weighted by molar-refractivity contribution is 6.30. The molecule has 6 heteroatoms. The highest BCUT2D eigenvalue weighted by Crippen LogP contribution is 2.32. The molecule has 0 spiro atoms. The van der Waals surface area contributed by atoms with Gasteiger partial charge in [0.15, 0.2) is 0 Å². The molecule has 174 valence electrons. The number of hydrogen-bond acceptors (Lipinski definition) is 3. The molecule has 3 aromatic rings. The third-order valence-corrected chi connectivity index (χ3v) is 6.76. The van der Waals surface area contributed by atoms with E-state index in [0.29, 0.717) is 42.3 Å². The Morgan fingerprint density at radius 3 is 2.59 bits per heavy atom. The maximum Gasteiger partial charge on any atom is 0.253 e. The summed E-state index contributed by atoms with van der Waals surface area (Å²) < 4.78 is 14.2. The van der Waals surface area contributed by atoms with Gasteiger partial charge in [-0.1, -0.05) is 48.0 Å². The number of nitrogens with zero attached hydrogens (tertiary/aromatic N) is 3. The first-order valence-corrected chi connectivity index (χ1v) is 12.0. The van der Waals surface area contributed by atoms with E-state index in [1.54, 1.807) is 12.1 Å². The van der Waals surface area contributed by atoms with Gasteiger partial charge in [0.05, 0.1) is 0 Å². The van der Waals surface area contributed by atoms with Gasteiger partial charge in [0, 0.05) is 66.8 Å². The lowest BCUT2D eigenvalue weighted by Gasteiger charge is -2.28. The summed E-state index contributed by atoms with van der Waals surface area (Å²) in [5.41, 5.74) is 4.77.